The molecule has 1 aliphatic rings. The molecule has 2 aromatic heterocycles. The maximum absolute atomic E-state index is 5.96. The summed E-state index contributed by atoms with van der Waals surface area (Å²) in [5, 5.41) is 6.96. The number of para-hydroxylation sites is 1. The van der Waals surface area contributed by atoms with Gasteiger partial charge in [-0.1, -0.05) is 34.3 Å². The molecule has 5 rings (SSSR count). The standard InChI is InChI=1S/C25H23N7O3/c1-15-27-22(14-24(28-15)35-23-11-9-17-6-4-5-7-18(17)29-23)32-21(30-25(26)31-32)13-16-8-10-19(33-2)20(12-16)34-3/h4-12,14H,13H2,1-3H3,(H2,26,31)/q+1. The topological polar surface area (TPSA) is 122 Å². The Morgan fingerprint density at radius 3 is 2.54 bits per heavy atom. The fourth-order valence-corrected chi connectivity index (χ4v) is 3.73. The average Bonchev–Trinajstić information content (AvgIpc) is 3.23. The van der Waals surface area contributed by atoms with Crippen LogP contribution in [0, 0.1) is 6.92 Å². The van der Waals surface area contributed by atoms with Crippen molar-refractivity contribution in [2.45, 2.75) is 13.3 Å². The van der Waals surface area contributed by atoms with E-state index in [4.69, 9.17) is 19.9 Å². The molecule has 175 valence electrons. The second-order valence-corrected chi connectivity index (χ2v) is 7.72. The van der Waals surface area contributed by atoms with Crippen molar-refractivity contribution in [2.24, 2.45) is 10.8 Å². The summed E-state index contributed by atoms with van der Waals surface area (Å²) in [6, 6.07) is 18.9. The summed E-state index contributed by atoms with van der Waals surface area (Å²) in [6.45, 7) is 1.78. The Kier molecular flexibility index (Phi) is 5.84. The van der Waals surface area contributed by atoms with Crippen LogP contribution in [0.5, 0.6) is 23.3 Å². The zero-order valence-electron chi connectivity index (χ0n) is 19.5. The van der Waals surface area contributed by atoms with Crippen molar-refractivity contribution in [3.05, 3.63) is 72.1 Å². The maximum Gasteiger partial charge on any atom is 0.406 e. The number of aliphatic imine (C=N–C) groups is 1. The van der Waals surface area contributed by atoms with Gasteiger partial charge in [0.15, 0.2) is 11.5 Å². The van der Waals surface area contributed by atoms with Crippen LogP contribution in [0.15, 0.2) is 65.8 Å². The summed E-state index contributed by atoms with van der Waals surface area (Å²) in [4.78, 5) is 17.9. The van der Waals surface area contributed by atoms with Crippen molar-refractivity contribution < 1.29 is 14.2 Å². The monoisotopic (exact) mass is 469 g/mol. The summed E-state index contributed by atoms with van der Waals surface area (Å²) in [5.74, 6) is 3.75. The van der Waals surface area contributed by atoms with Gasteiger partial charge in [0, 0.05) is 16.6 Å². The second-order valence-electron chi connectivity index (χ2n) is 7.72. The first kappa shape index (κ1) is 22.1. The Hall–Kier alpha value is -4.73. The number of aromatic nitrogens is 3. The summed E-state index contributed by atoms with van der Waals surface area (Å²) < 4.78 is 16.7. The van der Waals surface area contributed by atoms with E-state index in [0.717, 1.165) is 16.5 Å². The van der Waals surface area contributed by atoms with E-state index < -0.39 is 0 Å². The Labute approximate surface area is 201 Å². The molecule has 10 heteroatoms. The number of benzene rings is 2. The average molecular weight is 470 g/mol. The predicted molar refractivity (Wildman–Crippen MR) is 133 cm³/mol. The van der Waals surface area contributed by atoms with Gasteiger partial charge in [-0.3, -0.25) is 0 Å². The number of rotatable bonds is 7. The SMILES string of the molecule is COc1ccc(CC2=[N+]C(N)=NN2c2cc(Oc3ccc4ccccc4n3)nc(C)n2)cc1OC. The second kappa shape index (κ2) is 9.26. The lowest BCUT2D eigenvalue weighted by atomic mass is 10.1. The third-order valence-electron chi connectivity index (χ3n) is 5.30. The Bertz CT molecular complexity index is 1470. The van der Waals surface area contributed by atoms with Gasteiger partial charge >= 0.3 is 5.96 Å². The molecule has 4 aromatic rings. The highest BCUT2D eigenvalue weighted by atomic mass is 16.5. The lowest BCUT2D eigenvalue weighted by molar-refractivity contribution is 0.354. The molecule has 1 aliphatic heterocycles. The number of ether oxygens (including phenoxy) is 3. The van der Waals surface area contributed by atoms with Crippen molar-refractivity contribution in [3.8, 4) is 23.3 Å². The van der Waals surface area contributed by atoms with Gasteiger partial charge in [0.2, 0.25) is 17.6 Å². The van der Waals surface area contributed by atoms with E-state index in [-0.39, 0.29) is 5.96 Å². The highest BCUT2D eigenvalue weighted by Gasteiger charge is 2.32. The molecule has 10 nitrogen and oxygen atoms in total. The van der Waals surface area contributed by atoms with Crippen LogP contribution >= 0.6 is 0 Å². The zero-order valence-corrected chi connectivity index (χ0v) is 19.5. The normalized spacial score (nSPS) is 12.9. The summed E-state index contributed by atoms with van der Waals surface area (Å²) in [7, 11) is 3.19. The third-order valence-corrected chi connectivity index (χ3v) is 5.30. The number of guanidine groups is 1. The molecule has 35 heavy (non-hydrogen) atoms. The van der Waals surface area contributed by atoms with Gasteiger partial charge in [0.1, 0.15) is 5.82 Å². The van der Waals surface area contributed by atoms with E-state index in [2.05, 4.69) is 25.0 Å². The molecule has 0 unspecified atom stereocenters. The Balaban J connectivity index is 1.42. The van der Waals surface area contributed by atoms with Crippen molar-refractivity contribution in [3.63, 3.8) is 0 Å². The molecular weight excluding hydrogens is 446 g/mol. The van der Waals surface area contributed by atoms with Crippen molar-refractivity contribution in [1.82, 2.24) is 19.9 Å². The summed E-state index contributed by atoms with van der Waals surface area (Å²) in [6.07, 6.45) is 0.441. The Morgan fingerprint density at radius 2 is 1.71 bits per heavy atom. The molecule has 0 amide bonds. The van der Waals surface area contributed by atoms with Crippen LogP contribution < -0.4 is 29.9 Å². The number of nitrogens with zero attached hydrogens (tertiary/aromatic N) is 6. The van der Waals surface area contributed by atoms with E-state index in [1.165, 1.54) is 0 Å². The first-order valence-electron chi connectivity index (χ1n) is 10.8. The third kappa shape index (κ3) is 4.67. The number of hydrogen-bond acceptors (Lipinski definition) is 10. The van der Waals surface area contributed by atoms with Crippen LogP contribution in [0.3, 0.4) is 0 Å². The largest absolute Gasteiger partial charge is 0.493 e. The van der Waals surface area contributed by atoms with Crippen molar-refractivity contribution >= 4 is 28.5 Å². The first-order valence-corrected chi connectivity index (χ1v) is 10.8. The van der Waals surface area contributed by atoms with E-state index >= 15 is 0 Å². The van der Waals surface area contributed by atoms with Crippen LogP contribution in [0.4, 0.5) is 5.82 Å². The number of anilines is 1. The van der Waals surface area contributed by atoms with E-state index in [1.807, 2.05) is 48.5 Å². The number of hydrazone groups is 1. The predicted octanol–water partition coefficient (Wildman–Crippen LogP) is 3.17. The molecule has 2 N–H and O–H groups in total. The molecule has 0 saturated heterocycles. The van der Waals surface area contributed by atoms with Crippen LogP contribution in [-0.4, -0.2) is 41.0 Å². The molecule has 1 radical (unpaired) electrons. The fourth-order valence-electron chi connectivity index (χ4n) is 3.73. The number of pyridine rings is 1. The van der Waals surface area contributed by atoms with E-state index in [1.54, 1.807) is 38.3 Å². The van der Waals surface area contributed by atoms with Gasteiger partial charge in [-0.25, -0.2) is 9.97 Å². The van der Waals surface area contributed by atoms with Crippen LogP contribution in [0.2, 0.25) is 0 Å². The van der Waals surface area contributed by atoms with Gasteiger partial charge in [-0.15, -0.1) is 0 Å². The summed E-state index contributed by atoms with van der Waals surface area (Å²) >= 11 is 0. The molecule has 0 spiro atoms. The number of nitrogens with two attached hydrogens (primary N) is 1. The minimum atomic E-state index is 0.135. The van der Waals surface area contributed by atoms with E-state index in [0.29, 0.717) is 47.2 Å². The van der Waals surface area contributed by atoms with Crippen molar-refractivity contribution in [1.29, 1.82) is 0 Å². The number of amidine groups is 1. The van der Waals surface area contributed by atoms with Gasteiger partial charge in [0.25, 0.3) is 5.84 Å². The number of fused-ring (bicyclic) bond motifs is 1. The molecule has 0 bridgehead atoms. The molecular formula is C25H23N7O3+. The minimum Gasteiger partial charge on any atom is -0.493 e. The van der Waals surface area contributed by atoms with Crippen LogP contribution in [-0.2, 0) is 6.42 Å². The van der Waals surface area contributed by atoms with Gasteiger partial charge in [-0.2, -0.15) is 4.98 Å². The molecule has 0 atom stereocenters. The first-order chi connectivity index (χ1) is 17.0. The molecule has 2 aromatic carbocycles. The smallest absolute Gasteiger partial charge is 0.406 e. The molecule has 3 heterocycles. The molecule has 0 fully saturated rings. The minimum absolute atomic E-state index is 0.135. The van der Waals surface area contributed by atoms with Crippen LogP contribution in [0.1, 0.15) is 11.4 Å². The Morgan fingerprint density at radius 1 is 0.886 bits per heavy atom. The fraction of sp³-hybridized carbons (Fsp3) is 0.160. The van der Waals surface area contributed by atoms with Gasteiger partial charge in [-0.05, 0) is 36.8 Å². The van der Waals surface area contributed by atoms with Crippen molar-refractivity contribution in [2.75, 3.05) is 19.2 Å². The van der Waals surface area contributed by atoms with Gasteiger partial charge in [0.05, 0.1) is 32.2 Å². The zero-order chi connectivity index (χ0) is 24.4. The lowest BCUT2D eigenvalue weighted by Crippen LogP contribution is -2.28. The highest BCUT2D eigenvalue weighted by Crippen LogP contribution is 2.29. The maximum atomic E-state index is 5.96. The quantitative estimate of drug-likeness (QED) is 0.438. The number of methoxy groups -OCH3 is 2. The lowest BCUT2D eigenvalue weighted by Gasteiger charge is -2.12. The molecule has 0 saturated carbocycles. The summed E-state index contributed by atoms with van der Waals surface area (Å²) in [5.41, 5.74) is 7.73. The number of hydrogen-bond donors (Lipinski definition) is 1. The van der Waals surface area contributed by atoms with Crippen LogP contribution in [0.25, 0.3) is 10.9 Å². The highest BCUT2D eigenvalue weighted by molar-refractivity contribution is 6.07. The van der Waals surface area contributed by atoms with E-state index in [9.17, 15) is 0 Å². The molecule has 0 aliphatic carbocycles. The number of aryl methyl sites for hydroxylation is 1. The van der Waals surface area contributed by atoms with Gasteiger partial charge < -0.3 is 19.9 Å².